The molecule has 15 heavy (non-hydrogen) atoms. The first-order chi connectivity index (χ1) is 7.22. The molecule has 0 aliphatic rings. The minimum Gasteiger partial charge on any atom is -0.465 e. The van der Waals surface area contributed by atoms with Gasteiger partial charge >= 0.3 is 5.97 Å². The summed E-state index contributed by atoms with van der Waals surface area (Å²) in [4.78, 5) is 10.9. The third kappa shape index (κ3) is 4.67. The van der Waals surface area contributed by atoms with Gasteiger partial charge in [0.25, 0.3) is 0 Å². The predicted molar refractivity (Wildman–Crippen MR) is 59.7 cm³/mol. The third-order valence-corrected chi connectivity index (χ3v) is 1.87. The Hall–Kier alpha value is -1.26. The van der Waals surface area contributed by atoms with Gasteiger partial charge in [-0.2, -0.15) is 0 Å². The number of carbonyl (C=O) groups excluding carboxylic acids is 1. The average molecular weight is 229 g/mol. The molecule has 2 N–H and O–H groups in total. The summed E-state index contributed by atoms with van der Waals surface area (Å²) in [6.07, 6.45) is 0. The maximum Gasteiger partial charge on any atom is 0.321 e. The van der Waals surface area contributed by atoms with Crippen molar-refractivity contribution in [1.29, 1.82) is 0 Å². The first-order valence-corrected chi connectivity index (χ1v) is 5.00. The van der Waals surface area contributed by atoms with Crippen molar-refractivity contribution in [3.05, 3.63) is 29.3 Å². The van der Waals surface area contributed by atoms with Crippen molar-refractivity contribution in [1.82, 2.24) is 5.43 Å². The number of carbonyl (C=O) groups is 1. The monoisotopic (exact) mass is 228 g/mol. The lowest BCUT2D eigenvalue weighted by Gasteiger charge is -2.07. The van der Waals surface area contributed by atoms with Crippen molar-refractivity contribution in [3.63, 3.8) is 0 Å². The van der Waals surface area contributed by atoms with E-state index in [1.54, 1.807) is 31.2 Å². The fourth-order valence-corrected chi connectivity index (χ4v) is 1.09. The summed E-state index contributed by atoms with van der Waals surface area (Å²) < 4.78 is 4.74. The Morgan fingerprint density at radius 3 is 2.67 bits per heavy atom. The molecule has 0 aliphatic carbocycles. The van der Waals surface area contributed by atoms with E-state index in [0.29, 0.717) is 11.6 Å². The molecule has 0 aromatic heterocycles. The maximum atomic E-state index is 10.9. The Labute approximate surface area is 93.5 Å². The number of rotatable bonds is 5. The van der Waals surface area contributed by atoms with Crippen LogP contribution in [0.25, 0.3) is 0 Å². The Morgan fingerprint density at radius 2 is 2.07 bits per heavy atom. The van der Waals surface area contributed by atoms with Crippen molar-refractivity contribution in [2.75, 3.05) is 18.6 Å². The summed E-state index contributed by atoms with van der Waals surface area (Å²) in [5.41, 5.74) is 6.43. The SMILES string of the molecule is CCOC(=O)CNNc1ccc(Cl)cc1. The van der Waals surface area contributed by atoms with Crippen LogP contribution in [-0.4, -0.2) is 19.1 Å². The number of hydrogen-bond acceptors (Lipinski definition) is 4. The molecule has 4 nitrogen and oxygen atoms in total. The van der Waals surface area contributed by atoms with Crippen LogP contribution in [0.2, 0.25) is 5.02 Å². The first kappa shape index (κ1) is 11.8. The fourth-order valence-electron chi connectivity index (χ4n) is 0.964. The maximum absolute atomic E-state index is 10.9. The number of halogens is 1. The van der Waals surface area contributed by atoms with Gasteiger partial charge in [0.1, 0.15) is 6.54 Å². The zero-order chi connectivity index (χ0) is 11.1. The molecule has 1 aromatic rings. The van der Waals surface area contributed by atoms with Crippen LogP contribution in [0, 0.1) is 0 Å². The zero-order valence-corrected chi connectivity index (χ0v) is 9.17. The molecule has 0 atom stereocenters. The number of esters is 1. The van der Waals surface area contributed by atoms with E-state index in [1.807, 2.05) is 0 Å². The molecule has 0 radical (unpaired) electrons. The van der Waals surface area contributed by atoms with Crippen LogP contribution in [0.3, 0.4) is 0 Å². The Balaban J connectivity index is 2.26. The summed E-state index contributed by atoms with van der Waals surface area (Å²) in [5.74, 6) is -0.293. The van der Waals surface area contributed by atoms with Gasteiger partial charge in [0.05, 0.1) is 6.61 Å². The lowest BCUT2D eigenvalue weighted by Crippen LogP contribution is -2.29. The summed E-state index contributed by atoms with van der Waals surface area (Å²) >= 11 is 5.72. The lowest BCUT2D eigenvalue weighted by atomic mass is 10.3. The molecule has 0 fully saturated rings. The van der Waals surface area contributed by atoms with Gasteiger partial charge in [-0.15, -0.1) is 0 Å². The smallest absolute Gasteiger partial charge is 0.321 e. The van der Waals surface area contributed by atoms with Crippen LogP contribution in [-0.2, 0) is 9.53 Å². The van der Waals surface area contributed by atoms with E-state index in [9.17, 15) is 4.79 Å². The molecule has 1 rings (SSSR count). The fraction of sp³-hybridized carbons (Fsp3) is 0.300. The average Bonchev–Trinajstić information content (AvgIpc) is 2.21. The number of ether oxygens (including phenoxy) is 1. The minimum absolute atomic E-state index is 0.121. The predicted octanol–water partition coefficient (Wildman–Crippen LogP) is 1.82. The second-order valence-corrected chi connectivity index (χ2v) is 3.23. The number of hydrogen-bond donors (Lipinski definition) is 2. The Kier molecular flexibility index (Phi) is 4.93. The van der Waals surface area contributed by atoms with E-state index < -0.39 is 0 Å². The normalized spacial score (nSPS) is 9.73. The molecule has 0 saturated carbocycles. The van der Waals surface area contributed by atoms with Gasteiger partial charge in [0.15, 0.2) is 0 Å². The van der Waals surface area contributed by atoms with Gasteiger partial charge < -0.3 is 10.2 Å². The highest BCUT2D eigenvalue weighted by atomic mass is 35.5. The molecule has 0 bridgehead atoms. The summed E-state index contributed by atoms with van der Waals surface area (Å²) in [7, 11) is 0. The molecule has 0 heterocycles. The van der Waals surface area contributed by atoms with Crippen LogP contribution < -0.4 is 10.9 Å². The number of benzene rings is 1. The number of anilines is 1. The molecule has 0 unspecified atom stereocenters. The van der Waals surface area contributed by atoms with Crippen LogP contribution in [0.4, 0.5) is 5.69 Å². The standard InChI is InChI=1S/C10H13ClN2O2/c1-2-15-10(14)7-12-13-9-5-3-8(11)4-6-9/h3-6,12-13H,2,7H2,1H3. The van der Waals surface area contributed by atoms with Gasteiger partial charge in [0.2, 0.25) is 0 Å². The van der Waals surface area contributed by atoms with Crippen LogP contribution in [0.1, 0.15) is 6.92 Å². The molecule has 0 amide bonds. The highest BCUT2D eigenvalue weighted by molar-refractivity contribution is 6.30. The molecule has 5 heteroatoms. The minimum atomic E-state index is -0.293. The van der Waals surface area contributed by atoms with Gasteiger partial charge in [-0.05, 0) is 31.2 Å². The zero-order valence-electron chi connectivity index (χ0n) is 8.42. The highest BCUT2D eigenvalue weighted by Crippen LogP contribution is 2.12. The quantitative estimate of drug-likeness (QED) is 0.596. The van der Waals surface area contributed by atoms with Gasteiger partial charge in [-0.25, -0.2) is 5.43 Å². The third-order valence-electron chi connectivity index (χ3n) is 1.61. The van der Waals surface area contributed by atoms with Crippen molar-refractivity contribution in [2.24, 2.45) is 0 Å². The van der Waals surface area contributed by atoms with Crippen LogP contribution in [0.15, 0.2) is 24.3 Å². The van der Waals surface area contributed by atoms with Crippen molar-refractivity contribution < 1.29 is 9.53 Å². The van der Waals surface area contributed by atoms with E-state index in [2.05, 4.69) is 10.9 Å². The number of nitrogens with one attached hydrogen (secondary N) is 2. The van der Waals surface area contributed by atoms with E-state index in [1.165, 1.54) is 0 Å². The summed E-state index contributed by atoms with van der Waals surface area (Å²) in [5, 5.41) is 0.672. The van der Waals surface area contributed by atoms with E-state index in [4.69, 9.17) is 16.3 Å². The molecule has 82 valence electrons. The molecule has 0 saturated heterocycles. The van der Waals surface area contributed by atoms with Gasteiger partial charge in [-0.3, -0.25) is 4.79 Å². The first-order valence-electron chi connectivity index (χ1n) is 4.62. The lowest BCUT2D eigenvalue weighted by molar-refractivity contribution is -0.141. The largest absolute Gasteiger partial charge is 0.465 e. The Morgan fingerprint density at radius 1 is 1.40 bits per heavy atom. The van der Waals surface area contributed by atoms with E-state index in [0.717, 1.165) is 5.69 Å². The summed E-state index contributed by atoms with van der Waals surface area (Å²) in [6, 6.07) is 7.13. The molecule has 1 aromatic carbocycles. The summed E-state index contributed by atoms with van der Waals surface area (Å²) in [6.45, 7) is 2.28. The van der Waals surface area contributed by atoms with Crippen LogP contribution >= 0.6 is 11.6 Å². The number of hydrazine groups is 1. The van der Waals surface area contributed by atoms with Gasteiger partial charge in [-0.1, -0.05) is 11.6 Å². The van der Waals surface area contributed by atoms with E-state index >= 15 is 0 Å². The van der Waals surface area contributed by atoms with Crippen molar-refractivity contribution >= 4 is 23.3 Å². The topological polar surface area (TPSA) is 50.4 Å². The van der Waals surface area contributed by atoms with Gasteiger partial charge in [0, 0.05) is 10.7 Å². The van der Waals surface area contributed by atoms with Crippen molar-refractivity contribution in [2.45, 2.75) is 6.92 Å². The Bertz CT molecular complexity index is 314. The molecule has 0 aliphatic heterocycles. The highest BCUT2D eigenvalue weighted by Gasteiger charge is 1.99. The molecular formula is C10H13ClN2O2. The molecule has 0 spiro atoms. The second kappa shape index (κ2) is 6.27. The molecular weight excluding hydrogens is 216 g/mol. The van der Waals surface area contributed by atoms with Crippen LogP contribution in [0.5, 0.6) is 0 Å². The van der Waals surface area contributed by atoms with E-state index in [-0.39, 0.29) is 12.5 Å². The second-order valence-electron chi connectivity index (χ2n) is 2.79. The van der Waals surface area contributed by atoms with Crippen molar-refractivity contribution in [3.8, 4) is 0 Å².